The van der Waals surface area contributed by atoms with Gasteiger partial charge in [0.05, 0.1) is 29.8 Å². The quantitative estimate of drug-likeness (QED) is 0.703. The second-order valence-corrected chi connectivity index (χ2v) is 8.97. The Hall–Kier alpha value is -2.56. The fraction of sp³-hybridized carbons (Fsp3) is 0.333. The molecule has 0 bridgehead atoms. The Balaban J connectivity index is 1.77. The van der Waals surface area contributed by atoms with Gasteiger partial charge in [0.15, 0.2) is 5.78 Å². The zero-order valence-corrected chi connectivity index (χ0v) is 17.9. The molecule has 0 unspecified atom stereocenters. The Morgan fingerprint density at radius 3 is 2.83 bits per heavy atom. The van der Waals surface area contributed by atoms with Crippen molar-refractivity contribution in [1.82, 2.24) is 4.98 Å². The normalized spacial score (nSPS) is 14.7. The summed E-state index contributed by atoms with van der Waals surface area (Å²) in [7, 11) is 1.51. The van der Waals surface area contributed by atoms with Crippen LogP contribution in [0.5, 0.6) is 5.75 Å². The summed E-state index contributed by atoms with van der Waals surface area (Å²) in [6, 6.07) is 8.62. The Bertz CT molecular complexity index is 1030. The molecule has 0 atom stereocenters. The van der Waals surface area contributed by atoms with E-state index in [-0.39, 0.29) is 22.9 Å². The lowest BCUT2D eigenvalue weighted by Gasteiger charge is -2.29. The number of carbonyl (C=O) groups excluding carboxylic acids is 2. The molecule has 3 rings (SSSR count). The molecule has 29 heavy (non-hydrogen) atoms. The molecule has 0 radical (unpaired) electrons. The number of methoxy groups -OCH3 is 1. The van der Waals surface area contributed by atoms with Gasteiger partial charge in [0, 0.05) is 17.0 Å². The molecule has 2 aromatic rings. The van der Waals surface area contributed by atoms with Crippen LogP contribution in [0, 0.1) is 16.7 Å². The molecule has 1 N–H and O–H groups in total. The number of aromatic nitrogens is 1. The van der Waals surface area contributed by atoms with Gasteiger partial charge in [0.1, 0.15) is 16.8 Å². The minimum atomic E-state index is -0.282. The van der Waals surface area contributed by atoms with E-state index < -0.39 is 0 Å². The highest BCUT2D eigenvalue weighted by Crippen LogP contribution is 2.36. The van der Waals surface area contributed by atoms with E-state index in [1.165, 1.54) is 7.11 Å². The molecule has 1 aromatic heterocycles. The van der Waals surface area contributed by atoms with Crippen LogP contribution in [0.4, 0.5) is 5.69 Å². The van der Waals surface area contributed by atoms with Crippen molar-refractivity contribution in [3.8, 4) is 11.8 Å². The van der Waals surface area contributed by atoms with Crippen molar-refractivity contribution < 1.29 is 14.3 Å². The van der Waals surface area contributed by atoms with E-state index in [0.29, 0.717) is 51.1 Å². The number of nitrogens with one attached hydrogen (secondary N) is 1. The van der Waals surface area contributed by atoms with Crippen molar-refractivity contribution in [3.63, 3.8) is 0 Å². The fourth-order valence-corrected chi connectivity index (χ4v) is 4.19. The molecule has 1 aromatic carbocycles. The van der Waals surface area contributed by atoms with Crippen LogP contribution in [0.25, 0.3) is 0 Å². The van der Waals surface area contributed by atoms with Gasteiger partial charge in [-0.15, -0.1) is 0 Å². The highest BCUT2D eigenvalue weighted by molar-refractivity contribution is 8.00. The molecule has 0 fully saturated rings. The average molecular weight is 430 g/mol. The summed E-state index contributed by atoms with van der Waals surface area (Å²) < 4.78 is 5.22. The SMILES string of the molecule is COc1ccc(Cl)cc1NC(=O)CSc1nc2c(cc1C#N)C(=O)CC(C)(C)C2. The number of pyridine rings is 1. The second-order valence-electron chi connectivity index (χ2n) is 7.57. The summed E-state index contributed by atoms with van der Waals surface area (Å²) in [6.45, 7) is 4.04. The minimum Gasteiger partial charge on any atom is -0.495 e. The van der Waals surface area contributed by atoms with E-state index in [1.807, 2.05) is 13.8 Å². The predicted octanol–water partition coefficient (Wildman–Crippen LogP) is 4.50. The summed E-state index contributed by atoms with van der Waals surface area (Å²) in [6.07, 6.45) is 1.09. The third-order valence-electron chi connectivity index (χ3n) is 4.55. The third-order valence-corrected chi connectivity index (χ3v) is 5.77. The van der Waals surface area contributed by atoms with Gasteiger partial charge in [0.2, 0.25) is 5.91 Å². The number of hydrogen-bond donors (Lipinski definition) is 1. The van der Waals surface area contributed by atoms with Gasteiger partial charge in [-0.05, 0) is 36.1 Å². The first-order valence-corrected chi connectivity index (χ1v) is 10.3. The standard InChI is InChI=1S/C21H20ClN3O3S/c1-21(2)8-16-14(17(26)9-21)6-12(10-23)20(25-16)29-11-19(27)24-15-7-13(22)4-5-18(15)28-3/h4-7H,8-9,11H2,1-3H3,(H,24,27). The number of Topliss-reactive ketones (excluding diaryl/α,β-unsaturated/α-hetero) is 1. The van der Waals surface area contributed by atoms with Crippen LogP contribution in [0.15, 0.2) is 29.3 Å². The van der Waals surface area contributed by atoms with Gasteiger partial charge in [-0.2, -0.15) is 5.26 Å². The second kappa shape index (κ2) is 8.44. The summed E-state index contributed by atoms with van der Waals surface area (Å²) in [4.78, 5) is 29.4. The number of amides is 1. The van der Waals surface area contributed by atoms with Crippen molar-refractivity contribution in [3.05, 3.63) is 46.1 Å². The number of ketones is 1. The van der Waals surface area contributed by atoms with Gasteiger partial charge in [-0.1, -0.05) is 37.2 Å². The summed E-state index contributed by atoms with van der Waals surface area (Å²) in [5.41, 5.74) is 1.79. The number of benzene rings is 1. The summed E-state index contributed by atoms with van der Waals surface area (Å²) >= 11 is 7.15. The van der Waals surface area contributed by atoms with Crippen molar-refractivity contribution in [1.29, 1.82) is 5.26 Å². The molecule has 1 aliphatic rings. The van der Waals surface area contributed by atoms with Crippen molar-refractivity contribution >= 4 is 40.7 Å². The number of nitriles is 1. The lowest BCUT2D eigenvalue weighted by Crippen LogP contribution is -2.28. The van der Waals surface area contributed by atoms with Crippen molar-refractivity contribution in [2.24, 2.45) is 5.41 Å². The maximum Gasteiger partial charge on any atom is 0.234 e. The van der Waals surface area contributed by atoms with Crippen molar-refractivity contribution in [2.45, 2.75) is 31.7 Å². The smallest absolute Gasteiger partial charge is 0.234 e. The topological polar surface area (TPSA) is 92.1 Å². The molecule has 8 heteroatoms. The molecule has 0 spiro atoms. The number of fused-ring (bicyclic) bond motifs is 1. The van der Waals surface area contributed by atoms with Crippen LogP contribution < -0.4 is 10.1 Å². The van der Waals surface area contributed by atoms with Crippen LogP contribution >= 0.6 is 23.4 Å². The average Bonchev–Trinajstić information content (AvgIpc) is 2.65. The van der Waals surface area contributed by atoms with Gasteiger partial charge in [0.25, 0.3) is 0 Å². The molecular formula is C21H20ClN3O3S. The summed E-state index contributed by atoms with van der Waals surface area (Å²) in [5, 5.41) is 13.1. The molecule has 1 amide bonds. The molecule has 1 heterocycles. The van der Waals surface area contributed by atoms with E-state index in [2.05, 4.69) is 16.4 Å². The molecule has 0 aliphatic heterocycles. The molecule has 150 valence electrons. The number of carbonyl (C=O) groups is 2. The van der Waals surface area contributed by atoms with Gasteiger partial charge in [-0.3, -0.25) is 9.59 Å². The van der Waals surface area contributed by atoms with E-state index in [9.17, 15) is 14.9 Å². The fourth-order valence-electron chi connectivity index (χ4n) is 3.24. The third kappa shape index (κ3) is 4.89. The summed E-state index contributed by atoms with van der Waals surface area (Å²) in [5.74, 6) is 0.268. The van der Waals surface area contributed by atoms with Crippen LogP contribution in [0.1, 0.15) is 41.9 Å². The maximum atomic E-state index is 12.4. The van der Waals surface area contributed by atoms with Crippen molar-refractivity contribution in [2.75, 3.05) is 18.2 Å². The van der Waals surface area contributed by atoms with Crippen LogP contribution in [-0.2, 0) is 11.2 Å². The lowest BCUT2D eigenvalue weighted by molar-refractivity contribution is -0.113. The zero-order chi connectivity index (χ0) is 21.2. The first-order valence-electron chi connectivity index (χ1n) is 8.96. The maximum absolute atomic E-state index is 12.4. The molecular weight excluding hydrogens is 410 g/mol. The van der Waals surface area contributed by atoms with E-state index in [1.54, 1.807) is 24.3 Å². The lowest BCUT2D eigenvalue weighted by atomic mass is 9.75. The monoisotopic (exact) mass is 429 g/mol. The van der Waals surface area contributed by atoms with Crippen LogP contribution in [0.3, 0.4) is 0 Å². The Labute approximate surface area is 178 Å². The van der Waals surface area contributed by atoms with E-state index in [4.69, 9.17) is 16.3 Å². The number of anilines is 1. The Morgan fingerprint density at radius 2 is 2.14 bits per heavy atom. The molecule has 6 nitrogen and oxygen atoms in total. The van der Waals surface area contributed by atoms with Crippen LogP contribution in [-0.4, -0.2) is 29.5 Å². The molecule has 0 saturated carbocycles. The highest BCUT2D eigenvalue weighted by atomic mass is 35.5. The largest absolute Gasteiger partial charge is 0.495 e. The number of hydrogen-bond acceptors (Lipinski definition) is 6. The van der Waals surface area contributed by atoms with E-state index >= 15 is 0 Å². The van der Waals surface area contributed by atoms with Gasteiger partial charge >= 0.3 is 0 Å². The Morgan fingerprint density at radius 1 is 1.38 bits per heavy atom. The van der Waals surface area contributed by atoms with Gasteiger partial charge < -0.3 is 10.1 Å². The minimum absolute atomic E-state index is 0.00240. The Kier molecular flexibility index (Phi) is 6.15. The number of rotatable bonds is 5. The zero-order valence-electron chi connectivity index (χ0n) is 16.3. The number of halogens is 1. The number of nitrogens with zero attached hydrogens (tertiary/aromatic N) is 2. The van der Waals surface area contributed by atoms with E-state index in [0.717, 1.165) is 11.8 Å². The molecule has 0 saturated heterocycles. The first kappa shape index (κ1) is 21.2. The first-order chi connectivity index (χ1) is 13.7. The van der Waals surface area contributed by atoms with Crippen LogP contribution in [0.2, 0.25) is 5.02 Å². The highest BCUT2D eigenvalue weighted by Gasteiger charge is 2.32. The van der Waals surface area contributed by atoms with Gasteiger partial charge in [-0.25, -0.2) is 4.98 Å². The number of thioether (sulfide) groups is 1. The molecule has 1 aliphatic carbocycles. The number of ether oxygens (including phenoxy) is 1. The predicted molar refractivity (Wildman–Crippen MR) is 113 cm³/mol.